The molecule has 0 heterocycles. The van der Waals surface area contributed by atoms with E-state index in [0.717, 1.165) is 32.6 Å². The lowest BCUT2D eigenvalue weighted by atomic mass is 10.1. The molecule has 0 rings (SSSR count). The third-order valence-corrected chi connectivity index (χ3v) is 5.29. The fourth-order valence-corrected chi connectivity index (χ4v) is 3.60. The van der Waals surface area contributed by atoms with Crippen molar-refractivity contribution in [2.45, 2.75) is 77.6 Å². The molecule has 0 amide bonds. The van der Waals surface area contributed by atoms with Crippen LogP contribution in [0.5, 0.6) is 0 Å². The van der Waals surface area contributed by atoms with E-state index in [1.54, 1.807) is 0 Å². The van der Waals surface area contributed by atoms with E-state index in [2.05, 4.69) is 6.92 Å². The number of nitrogens with zero attached hydrogens (tertiary/aromatic N) is 1. The number of ether oxygens (including phenoxy) is 1. The van der Waals surface area contributed by atoms with Gasteiger partial charge in [0.25, 0.3) is 0 Å². The number of rotatable bonds is 21. The molecule has 3 N–H and O–H groups in total. The molecule has 26 heavy (non-hydrogen) atoms. The van der Waals surface area contributed by atoms with Crippen LogP contribution in [0.1, 0.15) is 77.6 Å². The van der Waals surface area contributed by atoms with Crippen LogP contribution >= 0.6 is 0 Å². The van der Waals surface area contributed by atoms with Gasteiger partial charge in [-0.1, -0.05) is 64.7 Å². The molecule has 5 nitrogen and oxygen atoms in total. The molecule has 0 aliphatic heterocycles. The molecular weight excluding hydrogens is 330 g/mol. The van der Waals surface area contributed by atoms with Crippen molar-refractivity contribution >= 4 is 0 Å². The quantitative estimate of drug-likeness (QED) is 0.213. The Morgan fingerprint density at radius 1 is 0.538 bits per heavy atom. The minimum atomic E-state index is 0.0828. The van der Waals surface area contributed by atoms with E-state index in [1.165, 1.54) is 57.8 Å². The van der Waals surface area contributed by atoms with Gasteiger partial charge in [0.05, 0.1) is 33.0 Å². The summed E-state index contributed by atoms with van der Waals surface area (Å²) in [6, 6.07) is 0. The van der Waals surface area contributed by atoms with Gasteiger partial charge in [-0.15, -0.1) is 0 Å². The Kier molecular flexibility index (Phi) is 19.4. The highest BCUT2D eigenvalue weighted by molar-refractivity contribution is 4.49. The second-order valence-electron chi connectivity index (χ2n) is 7.55. The Labute approximate surface area is 162 Å². The van der Waals surface area contributed by atoms with Gasteiger partial charge < -0.3 is 24.5 Å². The van der Waals surface area contributed by atoms with E-state index in [-0.39, 0.29) is 19.8 Å². The van der Waals surface area contributed by atoms with Gasteiger partial charge in [0.15, 0.2) is 0 Å². The van der Waals surface area contributed by atoms with Crippen molar-refractivity contribution in [2.75, 3.05) is 59.2 Å². The van der Waals surface area contributed by atoms with Gasteiger partial charge in [-0.3, -0.25) is 0 Å². The summed E-state index contributed by atoms with van der Waals surface area (Å²) in [7, 11) is 0. The Morgan fingerprint density at radius 3 is 1.42 bits per heavy atom. The Hall–Kier alpha value is -0.200. The van der Waals surface area contributed by atoms with Gasteiger partial charge in [0.2, 0.25) is 0 Å². The standard InChI is InChI=1S/C21H46NO4/c1-2-3-4-5-6-7-8-9-10-11-20-26-21-12-13-22(14-17-23,15-18-24)16-19-25/h23-25H,2-21H2,1H3/q+1. The predicted octanol–water partition coefficient (Wildman–Crippen LogP) is 3.11. The van der Waals surface area contributed by atoms with Gasteiger partial charge in [-0.25, -0.2) is 0 Å². The summed E-state index contributed by atoms with van der Waals surface area (Å²) in [5.41, 5.74) is 0. The maximum atomic E-state index is 9.26. The second-order valence-corrected chi connectivity index (χ2v) is 7.55. The van der Waals surface area contributed by atoms with Crippen LogP contribution < -0.4 is 0 Å². The zero-order valence-electron chi connectivity index (χ0n) is 17.3. The summed E-state index contributed by atoms with van der Waals surface area (Å²) in [6.07, 6.45) is 14.3. The highest BCUT2D eigenvalue weighted by Gasteiger charge is 2.25. The van der Waals surface area contributed by atoms with Crippen LogP contribution in [0.3, 0.4) is 0 Å². The van der Waals surface area contributed by atoms with Gasteiger partial charge >= 0.3 is 0 Å². The maximum absolute atomic E-state index is 9.26. The molecule has 0 spiro atoms. The molecule has 0 aliphatic rings. The second kappa shape index (κ2) is 19.6. The van der Waals surface area contributed by atoms with Crippen LogP contribution in [0.2, 0.25) is 0 Å². The summed E-state index contributed by atoms with van der Waals surface area (Å²) in [4.78, 5) is 0. The Bertz CT molecular complexity index is 260. The molecule has 0 bridgehead atoms. The largest absolute Gasteiger partial charge is 0.391 e. The number of unbranched alkanes of at least 4 members (excludes halogenated alkanes) is 9. The monoisotopic (exact) mass is 376 g/mol. The van der Waals surface area contributed by atoms with Crippen molar-refractivity contribution in [1.82, 2.24) is 0 Å². The molecular formula is C21H46NO4+. The summed E-state index contributed by atoms with van der Waals surface area (Å²) < 4.78 is 6.31. The number of quaternary nitrogens is 1. The molecule has 0 saturated heterocycles. The van der Waals surface area contributed by atoms with Gasteiger partial charge in [0.1, 0.15) is 19.6 Å². The van der Waals surface area contributed by atoms with Crippen molar-refractivity contribution in [3.63, 3.8) is 0 Å². The SMILES string of the molecule is CCCCCCCCCCCCOCCC[N+](CCO)(CCO)CCO. The Balaban J connectivity index is 3.52. The molecule has 0 aliphatic carbocycles. The molecule has 0 radical (unpaired) electrons. The molecule has 0 aromatic rings. The average Bonchev–Trinajstić information content (AvgIpc) is 2.63. The summed E-state index contributed by atoms with van der Waals surface area (Å²) in [5, 5.41) is 27.8. The minimum Gasteiger partial charge on any atom is -0.391 e. The third-order valence-electron chi connectivity index (χ3n) is 5.29. The fraction of sp³-hybridized carbons (Fsp3) is 1.00. The van der Waals surface area contributed by atoms with Crippen LogP contribution in [0.15, 0.2) is 0 Å². The van der Waals surface area contributed by atoms with Crippen molar-refractivity contribution < 1.29 is 24.5 Å². The number of hydrogen-bond donors (Lipinski definition) is 3. The van der Waals surface area contributed by atoms with Crippen molar-refractivity contribution in [3.05, 3.63) is 0 Å². The molecule has 0 aromatic carbocycles. The first-order valence-electron chi connectivity index (χ1n) is 11.0. The molecule has 5 heteroatoms. The zero-order valence-corrected chi connectivity index (χ0v) is 17.3. The van der Waals surface area contributed by atoms with Crippen molar-refractivity contribution in [3.8, 4) is 0 Å². The van der Waals surface area contributed by atoms with E-state index >= 15 is 0 Å². The molecule has 158 valence electrons. The van der Waals surface area contributed by atoms with Crippen LogP contribution in [-0.4, -0.2) is 79.0 Å². The molecule has 0 aromatic heterocycles. The third kappa shape index (κ3) is 14.9. The smallest absolute Gasteiger partial charge is 0.102 e. The van der Waals surface area contributed by atoms with Gasteiger partial charge in [0, 0.05) is 13.0 Å². The lowest BCUT2D eigenvalue weighted by Gasteiger charge is -2.37. The summed E-state index contributed by atoms with van der Waals surface area (Å²) in [5.74, 6) is 0. The first-order valence-corrected chi connectivity index (χ1v) is 11.0. The first kappa shape index (κ1) is 25.8. The summed E-state index contributed by atoms with van der Waals surface area (Å²) >= 11 is 0. The first-order chi connectivity index (χ1) is 12.7. The number of hydrogen-bond acceptors (Lipinski definition) is 4. The van der Waals surface area contributed by atoms with E-state index in [1.807, 2.05) is 0 Å². The van der Waals surface area contributed by atoms with E-state index in [4.69, 9.17) is 4.74 Å². The van der Waals surface area contributed by atoms with Crippen LogP contribution in [0, 0.1) is 0 Å². The van der Waals surface area contributed by atoms with Crippen molar-refractivity contribution in [2.24, 2.45) is 0 Å². The fourth-order valence-electron chi connectivity index (χ4n) is 3.60. The summed E-state index contributed by atoms with van der Waals surface area (Å²) in [6.45, 7) is 6.64. The molecule has 0 saturated carbocycles. The van der Waals surface area contributed by atoms with E-state index in [9.17, 15) is 15.3 Å². The molecule has 0 fully saturated rings. The molecule has 0 atom stereocenters. The van der Waals surface area contributed by atoms with E-state index in [0.29, 0.717) is 24.1 Å². The highest BCUT2D eigenvalue weighted by Crippen LogP contribution is 2.11. The lowest BCUT2D eigenvalue weighted by Crippen LogP contribution is -2.54. The number of aliphatic hydroxyl groups is 3. The highest BCUT2D eigenvalue weighted by atomic mass is 16.5. The van der Waals surface area contributed by atoms with Crippen molar-refractivity contribution in [1.29, 1.82) is 0 Å². The topological polar surface area (TPSA) is 69.9 Å². The maximum Gasteiger partial charge on any atom is 0.102 e. The normalized spacial score (nSPS) is 12.0. The van der Waals surface area contributed by atoms with Crippen LogP contribution in [-0.2, 0) is 4.74 Å². The lowest BCUT2D eigenvalue weighted by molar-refractivity contribution is -0.929. The van der Waals surface area contributed by atoms with Gasteiger partial charge in [-0.2, -0.15) is 0 Å². The molecule has 0 unspecified atom stereocenters. The minimum absolute atomic E-state index is 0.0828. The van der Waals surface area contributed by atoms with Crippen LogP contribution in [0.4, 0.5) is 0 Å². The van der Waals surface area contributed by atoms with Crippen LogP contribution in [0.25, 0.3) is 0 Å². The zero-order chi connectivity index (χ0) is 19.3. The average molecular weight is 377 g/mol. The number of aliphatic hydroxyl groups excluding tert-OH is 3. The Morgan fingerprint density at radius 2 is 0.962 bits per heavy atom. The predicted molar refractivity (Wildman–Crippen MR) is 108 cm³/mol. The van der Waals surface area contributed by atoms with Gasteiger partial charge in [-0.05, 0) is 6.42 Å². The van der Waals surface area contributed by atoms with E-state index < -0.39 is 0 Å².